The number of rotatable bonds is 3. The van der Waals surface area contributed by atoms with E-state index in [1.165, 1.54) is 6.07 Å². The topological polar surface area (TPSA) is 95.2 Å². The molecule has 0 unspecified atom stereocenters. The largest absolute Gasteiger partial charge is 0.329 e. The Morgan fingerprint density at radius 2 is 2.21 bits per heavy atom. The van der Waals surface area contributed by atoms with Crippen molar-refractivity contribution in [3.05, 3.63) is 38.3 Å². The van der Waals surface area contributed by atoms with Crippen LogP contribution >= 0.6 is 15.9 Å². The van der Waals surface area contributed by atoms with Crippen LogP contribution in [0.3, 0.4) is 0 Å². The van der Waals surface area contributed by atoms with Crippen LogP contribution in [0.4, 0.5) is 5.69 Å². The van der Waals surface area contributed by atoms with E-state index in [1.807, 2.05) is 0 Å². The van der Waals surface area contributed by atoms with Gasteiger partial charge < -0.3 is 11.5 Å². The van der Waals surface area contributed by atoms with Gasteiger partial charge in [-0.1, -0.05) is 6.07 Å². The number of nitro groups is 1. The van der Waals surface area contributed by atoms with Crippen LogP contribution in [0.1, 0.15) is 11.6 Å². The number of nitro benzene ring substituents is 1. The molecule has 0 aliphatic carbocycles. The molecule has 0 radical (unpaired) electrons. The summed E-state index contributed by atoms with van der Waals surface area (Å²) >= 11 is 3.09. The lowest BCUT2D eigenvalue weighted by atomic mass is 10.1. The molecule has 0 saturated carbocycles. The zero-order valence-corrected chi connectivity index (χ0v) is 8.90. The Hall–Kier alpha value is -0.980. The number of halogens is 1. The SMILES string of the molecule is NC[C@@H](N)c1ccc(Br)c([N+](=O)[O-])c1. The highest BCUT2D eigenvalue weighted by molar-refractivity contribution is 9.10. The fourth-order valence-corrected chi connectivity index (χ4v) is 1.43. The molecule has 0 fully saturated rings. The summed E-state index contributed by atoms with van der Waals surface area (Å²) in [5.74, 6) is 0. The number of benzene rings is 1. The van der Waals surface area contributed by atoms with Gasteiger partial charge in [0.05, 0.1) is 9.40 Å². The third kappa shape index (κ3) is 2.28. The Morgan fingerprint density at radius 3 is 2.71 bits per heavy atom. The molecule has 5 nitrogen and oxygen atoms in total. The molecule has 0 aliphatic heterocycles. The Labute approximate surface area is 89.4 Å². The minimum Gasteiger partial charge on any atom is -0.329 e. The standard InChI is InChI=1S/C8H10BrN3O2/c9-6-2-1-5(7(11)4-10)3-8(6)12(13)14/h1-3,7H,4,10-11H2/t7-/m1/s1. The summed E-state index contributed by atoms with van der Waals surface area (Å²) < 4.78 is 0.440. The lowest BCUT2D eigenvalue weighted by Gasteiger charge is -2.08. The summed E-state index contributed by atoms with van der Waals surface area (Å²) in [7, 11) is 0. The van der Waals surface area contributed by atoms with Crippen LogP contribution in [0.15, 0.2) is 22.7 Å². The fourth-order valence-electron chi connectivity index (χ4n) is 1.04. The molecule has 0 amide bonds. The third-order valence-corrected chi connectivity index (χ3v) is 2.52. The van der Waals surface area contributed by atoms with Crippen LogP contribution < -0.4 is 11.5 Å². The molecule has 0 bridgehead atoms. The van der Waals surface area contributed by atoms with Crippen molar-refractivity contribution in [1.29, 1.82) is 0 Å². The van der Waals surface area contributed by atoms with Gasteiger partial charge in [-0.2, -0.15) is 0 Å². The third-order valence-electron chi connectivity index (χ3n) is 1.85. The van der Waals surface area contributed by atoms with E-state index in [0.29, 0.717) is 10.0 Å². The lowest BCUT2D eigenvalue weighted by molar-refractivity contribution is -0.385. The van der Waals surface area contributed by atoms with Crippen molar-refractivity contribution in [2.45, 2.75) is 6.04 Å². The molecule has 76 valence electrons. The van der Waals surface area contributed by atoms with E-state index in [-0.39, 0.29) is 18.3 Å². The number of hydrogen-bond donors (Lipinski definition) is 2. The second-order valence-corrected chi connectivity index (χ2v) is 3.66. The molecule has 1 aromatic rings. The molecule has 1 aromatic carbocycles. The molecule has 6 heteroatoms. The van der Waals surface area contributed by atoms with Crippen LogP contribution in [0, 0.1) is 10.1 Å². The molecule has 0 saturated heterocycles. The molecule has 4 N–H and O–H groups in total. The van der Waals surface area contributed by atoms with Gasteiger partial charge >= 0.3 is 0 Å². The van der Waals surface area contributed by atoms with E-state index in [4.69, 9.17) is 11.5 Å². The van der Waals surface area contributed by atoms with E-state index >= 15 is 0 Å². The highest BCUT2D eigenvalue weighted by atomic mass is 79.9. The van der Waals surface area contributed by atoms with Gasteiger partial charge in [-0.15, -0.1) is 0 Å². The Kier molecular flexibility index (Phi) is 3.56. The number of nitrogens with two attached hydrogens (primary N) is 2. The van der Waals surface area contributed by atoms with Crippen molar-refractivity contribution in [2.24, 2.45) is 11.5 Å². The summed E-state index contributed by atoms with van der Waals surface area (Å²) in [5.41, 5.74) is 11.7. The Bertz CT molecular complexity index is 356. The van der Waals surface area contributed by atoms with E-state index in [9.17, 15) is 10.1 Å². The van der Waals surface area contributed by atoms with E-state index < -0.39 is 4.92 Å². The molecule has 1 atom stereocenters. The van der Waals surface area contributed by atoms with E-state index in [2.05, 4.69) is 15.9 Å². The van der Waals surface area contributed by atoms with Crippen LogP contribution in [0.2, 0.25) is 0 Å². The van der Waals surface area contributed by atoms with Gasteiger partial charge in [0.25, 0.3) is 5.69 Å². The number of nitrogens with zero attached hydrogens (tertiary/aromatic N) is 1. The van der Waals surface area contributed by atoms with Crippen molar-refractivity contribution in [2.75, 3.05) is 6.54 Å². The van der Waals surface area contributed by atoms with E-state index in [0.717, 1.165) is 0 Å². The van der Waals surface area contributed by atoms with Gasteiger partial charge in [0.2, 0.25) is 0 Å². The fraction of sp³-hybridized carbons (Fsp3) is 0.250. The molecular formula is C8H10BrN3O2. The van der Waals surface area contributed by atoms with Crippen LogP contribution in [-0.2, 0) is 0 Å². The molecule has 0 aromatic heterocycles. The maximum atomic E-state index is 10.6. The highest BCUT2D eigenvalue weighted by Crippen LogP contribution is 2.27. The van der Waals surface area contributed by atoms with E-state index in [1.54, 1.807) is 12.1 Å². The van der Waals surface area contributed by atoms with Crippen LogP contribution in [-0.4, -0.2) is 11.5 Å². The molecule has 14 heavy (non-hydrogen) atoms. The van der Waals surface area contributed by atoms with Crippen molar-refractivity contribution >= 4 is 21.6 Å². The first kappa shape index (κ1) is 11.1. The second kappa shape index (κ2) is 4.50. The van der Waals surface area contributed by atoms with Crippen molar-refractivity contribution in [3.63, 3.8) is 0 Å². The second-order valence-electron chi connectivity index (χ2n) is 2.81. The minimum absolute atomic E-state index is 0.00593. The molecule has 1 rings (SSSR count). The van der Waals surface area contributed by atoms with Crippen LogP contribution in [0.5, 0.6) is 0 Å². The van der Waals surface area contributed by atoms with Crippen molar-refractivity contribution in [3.8, 4) is 0 Å². The summed E-state index contributed by atoms with van der Waals surface area (Å²) in [6.45, 7) is 0.263. The van der Waals surface area contributed by atoms with Gasteiger partial charge in [0, 0.05) is 18.7 Å². The average Bonchev–Trinajstić information content (AvgIpc) is 2.17. The predicted octanol–water partition coefficient (Wildman–Crippen LogP) is 1.32. The number of hydrogen-bond acceptors (Lipinski definition) is 4. The zero-order chi connectivity index (χ0) is 10.7. The minimum atomic E-state index is -0.461. The first-order valence-corrected chi connectivity index (χ1v) is 4.75. The van der Waals surface area contributed by atoms with Gasteiger partial charge in [0.1, 0.15) is 0 Å². The molecule has 0 heterocycles. The zero-order valence-electron chi connectivity index (χ0n) is 7.31. The van der Waals surface area contributed by atoms with Gasteiger partial charge in [-0.05, 0) is 27.6 Å². The summed E-state index contributed by atoms with van der Waals surface area (Å²) in [6, 6.07) is 4.39. The smallest absolute Gasteiger partial charge is 0.283 e. The van der Waals surface area contributed by atoms with Crippen LogP contribution in [0.25, 0.3) is 0 Å². The monoisotopic (exact) mass is 259 g/mol. The lowest BCUT2D eigenvalue weighted by Crippen LogP contribution is -2.20. The summed E-state index contributed by atoms with van der Waals surface area (Å²) in [5, 5.41) is 10.6. The first-order chi connectivity index (χ1) is 6.56. The Balaban J connectivity index is 3.12. The maximum Gasteiger partial charge on any atom is 0.283 e. The van der Waals surface area contributed by atoms with Crippen molar-refractivity contribution in [1.82, 2.24) is 0 Å². The van der Waals surface area contributed by atoms with Gasteiger partial charge in [0.15, 0.2) is 0 Å². The normalized spacial score (nSPS) is 12.5. The Morgan fingerprint density at radius 1 is 1.57 bits per heavy atom. The molecule has 0 aliphatic rings. The molecular weight excluding hydrogens is 250 g/mol. The summed E-state index contributed by atoms with van der Waals surface area (Å²) in [6.07, 6.45) is 0. The highest BCUT2D eigenvalue weighted by Gasteiger charge is 2.14. The quantitative estimate of drug-likeness (QED) is 0.632. The predicted molar refractivity (Wildman–Crippen MR) is 56.8 cm³/mol. The molecule has 0 spiro atoms. The van der Waals surface area contributed by atoms with Gasteiger partial charge in [-0.3, -0.25) is 10.1 Å². The first-order valence-electron chi connectivity index (χ1n) is 3.95. The van der Waals surface area contributed by atoms with Gasteiger partial charge in [-0.25, -0.2) is 0 Å². The van der Waals surface area contributed by atoms with Crippen molar-refractivity contribution < 1.29 is 4.92 Å². The maximum absolute atomic E-state index is 10.6. The average molecular weight is 260 g/mol. The summed E-state index contributed by atoms with van der Waals surface area (Å²) in [4.78, 5) is 10.1.